The maximum atomic E-state index is 3.42. The largest absolute Gasteiger partial charge is 0.317 e. The van der Waals surface area contributed by atoms with E-state index in [1.54, 1.807) is 0 Å². The molecule has 0 spiro atoms. The Kier molecular flexibility index (Phi) is 6.17. The molecule has 0 fully saturated rings. The molecule has 0 aliphatic rings. The first kappa shape index (κ1) is 13.2. The molecular weight excluding hydrogens is 194 g/mol. The normalized spacial score (nSPS) is 13.0. The van der Waals surface area contributed by atoms with Gasteiger partial charge in [-0.15, -0.1) is 0 Å². The molecule has 1 heteroatoms. The number of benzene rings is 1. The summed E-state index contributed by atoms with van der Waals surface area (Å²) in [5, 5.41) is 3.42. The van der Waals surface area contributed by atoms with Crippen molar-refractivity contribution >= 4 is 0 Å². The van der Waals surface area contributed by atoms with Gasteiger partial charge in [0.2, 0.25) is 0 Å². The number of rotatable bonds is 7. The Bertz CT molecular complexity index is 266. The van der Waals surface area contributed by atoms with Gasteiger partial charge in [0, 0.05) is 6.04 Å². The van der Waals surface area contributed by atoms with Gasteiger partial charge >= 0.3 is 0 Å². The molecule has 1 rings (SSSR count). The average molecular weight is 219 g/mol. The number of hydrogen-bond donors (Lipinski definition) is 1. The molecule has 1 unspecified atom stereocenters. The van der Waals surface area contributed by atoms with Gasteiger partial charge in [-0.2, -0.15) is 0 Å². The number of nitrogens with one attached hydrogen (secondary N) is 1. The van der Waals surface area contributed by atoms with Gasteiger partial charge in [-0.05, 0) is 31.4 Å². The van der Waals surface area contributed by atoms with Crippen molar-refractivity contribution in [2.75, 3.05) is 7.05 Å². The van der Waals surface area contributed by atoms with E-state index in [-0.39, 0.29) is 0 Å². The fraction of sp³-hybridized carbons (Fsp3) is 0.600. The molecule has 0 saturated carbocycles. The number of hydrogen-bond acceptors (Lipinski definition) is 1. The van der Waals surface area contributed by atoms with E-state index in [4.69, 9.17) is 0 Å². The molecule has 16 heavy (non-hydrogen) atoms. The minimum Gasteiger partial charge on any atom is -0.317 e. The van der Waals surface area contributed by atoms with Crippen LogP contribution in [-0.2, 0) is 6.42 Å². The monoisotopic (exact) mass is 219 g/mol. The second kappa shape index (κ2) is 7.45. The van der Waals surface area contributed by atoms with Gasteiger partial charge in [0.25, 0.3) is 0 Å². The molecule has 0 amide bonds. The lowest BCUT2D eigenvalue weighted by Gasteiger charge is -2.16. The summed E-state index contributed by atoms with van der Waals surface area (Å²) in [5.41, 5.74) is 1.44. The molecular formula is C15H25N. The van der Waals surface area contributed by atoms with Crippen LogP contribution in [0, 0.1) is 5.92 Å². The molecule has 0 radical (unpaired) electrons. The van der Waals surface area contributed by atoms with E-state index in [2.05, 4.69) is 56.5 Å². The van der Waals surface area contributed by atoms with Crippen LogP contribution >= 0.6 is 0 Å². The zero-order valence-corrected chi connectivity index (χ0v) is 10.9. The zero-order valence-electron chi connectivity index (χ0n) is 10.9. The van der Waals surface area contributed by atoms with Crippen LogP contribution in [-0.4, -0.2) is 13.1 Å². The van der Waals surface area contributed by atoms with Crippen LogP contribution in [0.4, 0.5) is 0 Å². The van der Waals surface area contributed by atoms with Crippen molar-refractivity contribution in [3.63, 3.8) is 0 Å². The van der Waals surface area contributed by atoms with Crippen LogP contribution in [0.2, 0.25) is 0 Å². The maximum Gasteiger partial charge on any atom is 0.0104 e. The van der Waals surface area contributed by atoms with Gasteiger partial charge in [0.05, 0.1) is 0 Å². The van der Waals surface area contributed by atoms with E-state index in [0.717, 1.165) is 12.3 Å². The first-order chi connectivity index (χ1) is 7.72. The minimum absolute atomic E-state index is 0.626. The fourth-order valence-corrected chi connectivity index (χ4v) is 2.02. The van der Waals surface area contributed by atoms with Crippen LogP contribution in [0.3, 0.4) is 0 Å². The summed E-state index contributed by atoms with van der Waals surface area (Å²) in [7, 11) is 2.07. The van der Waals surface area contributed by atoms with Crippen molar-refractivity contribution in [3.8, 4) is 0 Å². The van der Waals surface area contributed by atoms with Gasteiger partial charge in [-0.1, -0.05) is 57.0 Å². The molecule has 0 bridgehead atoms. The molecule has 1 atom stereocenters. The van der Waals surface area contributed by atoms with E-state index >= 15 is 0 Å². The third kappa shape index (κ3) is 5.32. The van der Waals surface area contributed by atoms with E-state index < -0.39 is 0 Å². The van der Waals surface area contributed by atoms with Crippen molar-refractivity contribution in [2.24, 2.45) is 5.92 Å². The summed E-state index contributed by atoms with van der Waals surface area (Å²) in [6.45, 7) is 4.59. The quantitative estimate of drug-likeness (QED) is 0.738. The van der Waals surface area contributed by atoms with E-state index in [0.29, 0.717) is 6.04 Å². The van der Waals surface area contributed by atoms with Gasteiger partial charge in [-0.3, -0.25) is 0 Å². The summed E-state index contributed by atoms with van der Waals surface area (Å²) >= 11 is 0. The Morgan fingerprint density at radius 1 is 1.06 bits per heavy atom. The smallest absolute Gasteiger partial charge is 0.0104 e. The van der Waals surface area contributed by atoms with Crippen LogP contribution in [0.1, 0.15) is 38.7 Å². The highest BCUT2D eigenvalue weighted by Crippen LogP contribution is 2.11. The zero-order chi connectivity index (χ0) is 11.8. The SMILES string of the molecule is CNC(CCCC(C)C)Cc1ccccc1. The predicted molar refractivity (Wildman–Crippen MR) is 71.7 cm³/mol. The first-order valence-corrected chi connectivity index (χ1v) is 6.43. The third-order valence-electron chi connectivity index (χ3n) is 3.07. The second-order valence-electron chi connectivity index (χ2n) is 5.00. The lowest BCUT2D eigenvalue weighted by atomic mass is 9.98. The Morgan fingerprint density at radius 2 is 1.75 bits per heavy atom. The van der Waals surface area contributed by atoms with Gasteiger partial charge in [0.1, 0.15) is 0 Å². The highest BCUT2D eigenvalue weighted by atomic mass is 14.9. The van der Waals surface area contributed by atoms with E-state index in [1.165, 1.54) is 24.8 Å². The van der Waals surface area contributed by atoms with Crippen molar-refractivity contribution in [3.05, 3.63) is 35.9 Å². The average Bonchev–Trinajstić information content (AvgIpc) is 2.28. The van der Waals surface area contributed by atoms with Crippen molar-refractivity contribution in [1.29, 1.82) is 0 Å². The van der Waals surface area contributed by atoms with Gasteiger partial charge in [-0.25, -0.2) is 0 Å². The van der Waals surface area contributed by atoms with E-state index in [1.807, 2.05) is 0 Å². The molecule has 0 aliphatic carbocycles. The van der Waals surface area contributed by atoms with E-state index in [9.17, 15) is 0 Å². The fourth-order valence-electron chi connectivity index (χ4n) is 2.02. The maximum absolute atomic E-state index is 3.42. The highest BCUT2D eigenvalue weighted by Gasteiger charge is 2.07. The molecule has 1 aromatic rings. The Hall–Kier alpha value is -0.820. The molecule has 0 aromatic heterocycles. The standard InChI is InChI=1S/C15H25N/c1-13(2)8-7-11-15(16-3)12-14-9-5-4-6-10-14/h4-6,9-10,13,15-16H,7-8,11-12H2,1-3H3. The second-order valence-corrected chi connectivity index (χ2v) is 5.00. The Morgan fingerprint density at radius 3 is 2.31 bits per heavy atom. The topological polar surface area (TPSA) is 12.0 Å². The minimum atomic E-state index is 0.626. The van der Waals surface area contributed by atoms with Crippen LogP contribution in [0.25, 0.3) is 0 Å². The molecule has 1 nitrogen and oxygen atoms in total. The third-order valence-corrected chi connectivity index (χ3v) is 3.07. The van der Waals surface area contributed by atoms with Crippen LogP contribution in [0.15, 0.2) is 30.3 Å². The van der Waals surface area contributed by atoms with Crippen LogP contribution < -0.4 is 5.32 Å². The summed E-state index contributed by atoms with van der Waals surface area (Å²) in [6.07, 6.45) is 5.10. The number of likely N-dealkylation sites (N-methyl/N-ethyl adjacent to an activating group) is 1. The first-order valence-electron chi connectivity index (χ1n) is 6.43. The van der Waals surface area contributed by atoms with Crippen LogP contribution in [0.5, 0.6) is 0 Å². The molecule has 0 saturated heterocycles. The lowest BCUT2D eigenvalue weighted by Crippen LogP contribution is -2.27. The highest BCUT2D eigenvalue weighted by molar-refractivity contribution is 5.15. The predicted octanol–water partition coefficient (Wildman–Crippen LogP) is 3.64. The summed E-state index contributed by atoms with van der Waals surface area (Å²) in [6, 6.07) is 11.4. The molecule has 0 aliphatic heterocycles. The summed E-state index contributed by atoms with van der Waals surface area (Å²) in [5.74, 6) is 0.828. The Labute approximate surface area is 100 Å². The Balaban J connectivity index is 2.32. The van der Waals surface area contributed by atoms with Gasteiger partial charge in [0.15, 0.2) is 0 Å². The van der Waals surface area contributed by atoms with Crippen molar-refractivity contribution < 1.29 is 0 Å². The lowest BCUT2D eigenvalue weighted by molar-refractivity contribution is 0.457. The van der Waals surface area contributed by atoms with Crippen molar-refractivity contribution in [2.45, 2.75) is 45.6 Å². The van der Waals surface area contributed by atoms with Crippen molar-refractivity contribution in [1.82, 2.24) is 5.32 Å². The molecule has 90 valence electrons. The van der Waals surface area contributed by atoms with Gasteiger partial charge < -0.3 is 5.32 Å². The summed E-state index contributed by atoms with van der Waals surface area (Å²) in [4.78, 5) is 0. The molecule has 1 N–H and O–H groups in total. The summed E-state index contributed by atoms with van der Waals surface area (Å²) < 4.78 is 0. The molecule has 0 heterocycles. The molecule has 1 aromatic carbocycles.